The van der Waals surface area contributed by atoms with Crippen molar-refractivity contribution in [2.45, 2.75) is 19.2 Å². The minimum Gasteiger partial charge on any atom is -0.466 e. The lowest BCUT2D eigenvalue weighted by molar-refractivity contribution is -0.135. The van der Waals surface area contributed by atoms with Gasteiger partial charge in [-0.1, -0.05) is 28.1 Å². The molecule has 8 nitrogen and oxygen atoms in total. The summed E-state index contributed by atoms with van der Waals surface area (Å²) in [6, 6.07) is 10.9. The van der Waals surface area contributed by atoms with Crippen molar-refractivity contribution in [1.82, 2.24) is 15.0 Å². The van der Waals surface area contributed by atoms with Gasteiger partial charge >= 0.3 is 11.9 Å². The molecule has 3 rings (SSSR count). The summed E-state index contributed by atoms with van der Waals surface area (Å²) >= 11 is 3.32. The van der Waals surface area contributed by atoms with Crippen LogP contribution in [-0.2, 0) is 24.4 Å². The first kappa shape index (κ1) is 30.1. The molecule has 0 unspecified atom stereocenters. The van der Waals surface area contributed by atoms with E-state index in [4.69, 9.17) is 0 Å². The van der Waals surface area contributed by atoms with Crippen LogP contribution in [0.5, 0.6) is 0 Å². The number of rotatable bonds is 6. The topological polar surface area (TPSA) is 108 Å². The summed E-state index contributed by atoms with van der Waals surface area (Å²) in [5.74, 6) is -0.724. The van der Waals surface area contributed by atoms with Gasteiger partial charge < -0.3 is 9.47 Å². The number of esters is 2. The molecule has 3 heterocycles. The predicted octanol–water partition coefficient (Wildman–Crippen LogP) is 4.94. The molecular formula is C27H28BrN3O5. The maximum absolute atomic E-state index is 10.8. The quantitative estimate of drug-likeness (QED) is 0.183. The van der Waals surface area contributed by atoms with E-state index in [0.29, 0.717) is 10.9 Å². The normalized spacial score (nSPS) is 10.0. The van der Waals surface area contributed by atoms with Crippen molar-refractivity contribution in [3.05, 3.63) is 101 Å². The molecule has 0 aliphatic heterocycles. The highest BCUT2D eigenvalue weighted by atomic mass is 79.9. The van der Waals surface area contributed by atoms with Gasteiger partial charge in [-0.2, -0.15) is 0 Å². The highest BCUT2D eigenvalue weighted by Gasteiger charge is 1.99. The van der Waals surface area contributed by atoms with Crippen molar-refractivity contribution < 1.29 is 23.9 Å². The highest BCUT2D eigenvalue weighted by molar-refractivity contribution is 9.08. The molecule has 188 valence electrons. The Labute approximate surface area is 219 Å². The van der Waals surface area contributed by atoms with E-state index in [2.05, 4.69) is 40.4 Å². The Balaban J connectivity index is 0.000000276. The number of alkyl halides is 1. The highest BCUT2D eigenvalue weighted by Crippen LogP contribution is 2.11. The fourth-order valence-electron chi connectivity index (χ4n) is 2.46. The zero-order valence-electron chi connectivity index (χ0n) is 20.6. The first-order chi connectivity index (χ1) is 17.4. The Kier molecular flexibility index (Phi) is 14.6. The Morgan fingerprint density at radius 2 is 1.22 bits per heavy atom. The van der Waals surface area contributed by atoms with Gasteiger partial charge in [0.15, 0.2) is 6.29 Å². The van der Waals surface area contributed by atoms with Gasteiger partial charge in [0.05, 0.1) is 19.9 Å². The Morgan fingerprint density at radius 1 is 0.778 bits per heavy atom. The Morgan fingerprint density at radius 3 is 1.64 bits per heavy atom. The molecule has 3 aromatic rings. The van der Waals surface area contributed by atoms with E-state index >= 15 is 0 Å². The molecule has 0 N–H and O–H groups in total. The van der Waals surface area contributed by atoms with E-state index in [1.165, 1.54) is 26.4 Å². The molecule has 0 aromatic carbocycles. The summed E-state index contributed by atoms with van der Waals surface area (Å²) in [5, 5.41) is 0.661. The zero-order valence-corrected chi connectivity index (χ0v) is 22.1. The van der Waals surface area contributed by atoms with E-state index in [1.807, 2.05) is 38.1 Å². The third-order valence-corrected chi connectivity index (χ3v) is 5.01. The van der Waals surface area contributed by atoms with Crippen LogP contribution in [0.1, 0.15) is 38.6 Å². The molecule has 36 heavy (non-hydrogen) atoms. The zero-order chi connectivity index (χ0) is 26.8. The van der Waals surface area contributed by atoms with Crippen molar-refractivity contribution in [3.63, 3.8) is 0 Å². The number of aromatic nitrogens is 3. The molecule has 0 spiro atoms. The van der Waals surface area contributed by atoms with Crippen molar-refractivity contribution >= 4 is 46.3 Å². The average molecular weight is 554 g/mol. The van der Waals surface area contributed by atoms with Crippen molar-refractivity contribution in [1.29, 1.82) is 0 Å². The second-order valence-electron chi connectivity index (χ2n) is 6.86. The molecule has 0 fully saturated rings. The smallest absolute Gasteiger partial charge is 0.330 e. The summed E-state index contributed by atoms with van der Waals surface area (Å²) in [6.45, 7) is 3.70. The lowest BCUT2D eigenvalue weighted by Gasteiger charge is -1.99. The van der Waals surface area contributed by atoms with Crippen LogP contribution in [-0.4, -0.2) is 47.4 Å². The van der Waals surface area contributed by atoms with Crippen LogP contribution >= 0.6 is 15.9 Å². The van der Waals surface area contributed by atoms with Crippen LogP contribution in [0.25, 0.3) is 12.2 Å². The maximum Gasteiger partial charge on any atom is 0.330 e. The maximum atomic E-state index is 10.8. The molecule has 0 bridgehead atoms. The molecule has 0 radical (unpaired) electrons. The molecule has 0 atom stereocenters. The van der Waals surface area contributed by atoms with Gasteiger partial charge in [0, 0.05) is 53.0 Å². The van der Waals surface area contributed by atoms with Crippen molar-refractivity contribution in [2.24, 2.45) is 0 Å². The summed E-state index contributed by atoms with van der Waals surface area (Å²) in [7, 11) is 2.70. The number of aryl methyl sites for hydroxylation is 2. The summed E-state index contributed by atoms with van der Waals surface area (Å²) < 4.78 is 8.95. The second kappa shape index (κ2) is 17.5. The van der Waals surface area contributed by atoms with E-state index in [1.54, 1.807) is 42.9 Å². The number of methoxy groups -OCH3 is 2. The van der Waals surface area contributed by atoms with Crippen LogP contribution < -0.4 is 0 Å². The number of ether oxygens (including phenoxy) is 2. The number of carbonyl (C=O) groups excluding carboxylic acids is 3. The van der Waals surface area contributed by atoms with Gasteiger partial charge in [-0.05, 0) is 61.4 Å². The average Bonchev–Trinajstić information content (AvgIpc) is 2.92. The number of hydrogen-bond acceptors (Lipinski definition) is 8. The van der Waals surface area contributed by atoms with E-state index in [0.717, 1.165) is 34.5 Å². The van der Waals surface area contributed by atoms with E-state index < -0.39 is 0 Å². The second-order valence-corrected chi connectivity index (χ2v) is 7.42. The Hall–Kier alpha value is -3.98. The van der Waals surface area contributed by atoms with Gasteiger partial charge in [0.2, 0.25) is 0 Å². The first-order valence-electron chi connectivity index (χ1n) is 10.7. The molecular weight excluding hydrogens is 526 g/mol. The molecule has 9 heteroatoms. The molecule has 0 aliphatic carbocycles. The molecule has 0 saturated heterocycles. The van der Waals surface area contributed by atoms with Crippen LogP contribution in [0.2, 0.25) is 0 Å². The number of hydrogen-bond donors (Lipinski definition) is 0. The van der Waals surface area contributed by atoms with Gasteiger partial charge in [0.25, 0.3) is 0 Å². The summed E-state index contributed by atoms with van der Waals surface area (Å²) in [5.41, 5.74) is 5.07. The number of aldehydes is 1. The predicted molar refractivity (Wildman–Crippen MR) is 142 cm³/mol. The summed E-state index contributed by atoms with van der Waals surface area (Å²) in [6.07, 6.45) is 12.0. The largest absolute Gasteiger partial charge is 0.466 e. The number of pyridine rings is 3. The van der Waals surface area contributed by atoms with Gasteiger partial charge in [-0.3, -0.25) is 19.7 Å². The minimum absolute atomic E-state index is 0.358. The number of halogens is 1. The third-order valence-electron chi connectivity index (χ3n) is 4.47. The molecule has 0 aliphatic rings. The van der Waals surface area contributed by atoms with Crippen LogP contribution in [0.15, 0.2) is 67.1 Å². The van der Waals surface area contributed by atoms with E-state index in [9.17, 15) is 14.4 Å². The number of nitrogens with zero attached hydrogens (tertiary/aromatic N) is 3. The summed E-state index contributed by atoms with van der Waals surface area (Å²) in [4.78, 5) is 43.9. The monoisotopic (exact) mass is 553 g/mol. The molecule has 0 amide bonds. The van der Waals surface area contributed by atoms with Crippen LogP contribution in [0.3, 0.4) is 0 Å². The fourth-order valence-corrected chi connectivity index (χ4v) is 2.93. The standard InChI is InChI=1S/C10H10BrNO2.C10H11NO2.C7H7NO/c1-14-10(13)5-4-8-3-2-6-12-9(8)7-11;1-8-9(4-3-7-11-8)5-6-10(12)13-2;1-6-7(5-9)3-2-4-8-6/h2-6H,7H2,1H3;3-7H,1-2H3;2-5H,1H3/b5-4+;6-5+;. The number of carbonyl (C=O) groups is 3. The van der Waals surface area contributed by atoms with Crippen LogP contribution in [0.4, 0.5) is 0 Å². The first-order valence-corrected chi connectivity index (χ1v) is 11.8. The lowest BCUT2D eigenvalue weighted by Crippen LogP contribution is -1.94. The van der Waals surface area contributed by atoms with Gasteiger partial charge in [-0.15, -0.1) is 0 Å². The van der Waals surface area contributed by atoms with E-state index in [-0.39, 0.29) is 11.9 Å². The van der Waals surface area contributed by atoms with Gasteiger partial charge in [-0.25, -0.2) is 9.59 Å². The SMILES string of the molecule is COC(=O)/C=C/c1cccnc1C.COC(=O)/C=C/c1cccnc1CBr.Cc1ncccc1C=O. The lowest BCUT2D eigenvalue weighted by atomic mass is 10.2. The van der Waals surface area contributed by atoms with Gasteiger partial charge in [0.1, 0.15) is 0 Å². The van der Waals surface area contributed by atoms with Crippen LogP contribution in [0, 0.1) is 13.8 Å². The molecule has 0 saturated carbocycles. The van der Waals surface area contributed by atoms with Crippen molar-refractivity contribution in [2.75, 3.05) is 14.2 Å². The third kappa shape index (κ3) is 11.4. The minimum atomic E-state index is -0.366. The fraction of sp³-hybridized carbons (Fsp3) is 0.185. The van der Waals surface area contributed by atoms with Crippen molar-refractivity contribution in [3.8, 4) is 0 Å². The Bertz CT molecular complexity index is 1200. The molecule has 3 aromatic heterocycles.